The van der Waals surface area contributed by atoms with Crippen LogP contribution >= 0.6 is 0 Å². The van der Waals surface area contributed by atoms with Crippen molar-refractivity contribution in [2.24, 2.45) is 0 Å². The molecule has 130 valence electrons. The molecule has 2 amide bonds. The van der Waals surface area contributed by atoms with Crippen molar-refractivity contribution in [2.75, 3.05) is 18.4 Å². The Labute approximate surface area is 147 Å². The van der Waals surface area contributed by atoms with Gasteiger partial charge in [0.05, 0.1) is 5.56 Å². The summed E-state index contributed by atoms with van der Waals surface area (Å²) in [6, 6.07) is 16.2. The van der Waals surface area contributed by atoms with Crippen LogP contribution in [0.15, 0.2) is 54.6 Å². The highest BCUT2D eigenvalue weighted by Crippen LogP contribution is 2.22. The first-order valence-electron chi connectivity index (χ1n) is 8.56. The van der Waals surface area contributed by atoms with Crippen LogP contribution in [-0.2, 0) is 4.79 Å². The van der Waals surface area contributed by atoms with Gasteiger partial charge in [-0.25, -0.2) is 0 Å². The molecule has 1 aliphatic rings. The van der Waals surface area contributed by atoms with Gasteiger partial charge in [0.1, 0.15) is 5.75 Å². The van der Waals surface area contributed by atoms with Crippen molar-refractivity contribution in [1.29, 1.82) is 0 Å². The van der Waals surface area contributed by atoms with Crippen molar-refractivity contribution in [2.45, 2.75) is 25.9 Å². The molecule has 0 saturated carbocycles. The molecule has 0 radical (unpaired) electrons. The Bertz CT molecular complexity index is 740. The maximum atomic E-state index is 12.6. The molecule has 1 N–H and O–H groups in total. The van der Waals surface area contributed by atoms with Gasteiger partial charge >= 0.3 is 0 Å². The minimum Gasteiger partial charge on any atom is -0.480 e. The predicted octanol–water partition coefficient (Wildman–Crippen LogP) is 3.33. The van der Waals surface area contributed by atoms with E-state index in [0.29, 0.717) is 17.0 Å². The van der Waals surface area contributed by atoms with Gasteiger partial charge in [0.15, 0.2) is 6.10 Å². The van der Waals surface area contributed by atoms with E-state index in [4.69, 9.17) is 4.74 Å². The number of amides is 2. The Morgan fingerprint density at radius 1 is 1.00 bits per heavy atom. The predicted molar refractivity (Wildman–Crippen MR) is 96.7 cm³/mol. The van der Waals surface area contributed by atoms with Gasteiger partial charge in [-0.05, 0) is 44.0 Å². The molecule has 1 aliphatic heterocycles. The van der Waals surface area contributed by atoms with E-state index < -0.39 is 6.10 Å². The zero-order valence-corrected chi connectivity index (χ0v) is 14.3. The van der Waals surface area contributed by atoms with Gasteiger partial charge in [-0.2, -0.15) is 0 Å². The van der Waals surface area contributed by atoms with Gasteiger partial charge in [0.2, 0.25) is 0 Å². The summed E-state index contributed by atoms with van der Waals surface area (Å²) in [5.74, 6) is 0.120. The zero-order chi connectivity index (χ0) is 17.6. The number of hydrogen-bond donors (Lipinski definition) is 1. The lowest BCUT2D eigenvalue weighted by molar-refractivity contribution is -0.136. The van der Waals surface area contributed by atoms with Crippen LogP contribution < -0.4 is 10.1 Å². The molecule has 2 aromatic rings. The summed E-state index contributed by atoms with van der Waals surface area (Å²) in [4.78, 5) is 26.8. The lowest BCUT2D eigenvalue weighted by atomic mass is 10.1. The highest BCUT2D eigenvalue weighted by atomic mass is 16.5. The summed E-state index contributed by atoms with van der Waals surface area (Å²) >= 11 is 0. The van der Waals surface area contributed by atoms with E-state index in [9.17, 15) is 9.59 Å². The zero-order valence-electron chi connectivity index (χ0n) is 14.3. The van der Waals surface area contributed by atoms with E-state index in [2.05, 4.69) is 5.32 Å². The maximum absolute atomic E-state index is 12.6. The number of para-hydroxylation sites is 2. The summed E-state index contributed by atoms with van der Waals surface area (Å²) in [6.45, 7) is 3.29. The van der Waals surface area contributed by atoms with Crippen LogP contribution in [0.4, 0.5) is 5.69 Å². The summed E-state index contributed by atoms with van der Waals surface area (Å²) in [6.07, 6.45) is 1.45. The molecule has 0 unspecified atom stereocenters. The second kappa shape index (κ2) is 7.83. The first-order valence-corrected chi connectivity index (χ1v) is 8.56. The van der Waals surface area contributed by atoms with Crippen molar-refractivity contribution >= 4 is 17.5 Å². The van der Waals surface area contributed by atoms with E-state index in [1.54, 1.807) is 31.2 Å². The number of carbonyl (C=O) groups is 2. The Balaban J connectivity index is 1.72. The number of nitrogens with one attached hydrogen (secondary N) is 1. The summed E-state index contributed by atoms with van der Waals surface area (Å²) in [5, 5.41) is 2.84. The van der Waals surface area contributed by atoms with E-state index in [0.717, 1.165) is 25.9 Å². The van der Waals surface area contributed by atoms with E-state index >= 15 is 0 Å². The number of benzene rings is 2. The normalized spacial score (nSPS) is 14.8. The number of ether oxygens (including phenoxy) is 1. The Morgan fingerprint density at radius 3 is 2.36 bits per heavy atom. The van der Waals surface area contributed by atoms with Crippen LogP contribution in [0.5, 0.6) is 5.75 Å². The fourth-order valence-corrected chi connectivity index (χ4v) is 2.91. The highest BCUT2D eigenvalue weighted by molar-refractivity contribution is 6.06. The third-order valence-corrected chi connectivity index (χ3v) is 4.23. The fraction of sp³-hybridized carbons (Fsp3) is 0.300. The van der Waals surface area contributed by atoms with Crippen molar-refractivity contribution in [3.05, 3.63) is 60.2 Å². The van der Waals surface area contributed by atoms with Crippen LogP contribution in [0.25, 0.3) is 0 Å². The average molecular weight is 338 g/mol. The van der Waals surface area contributed by atoms with Crippen molar-refractivity contribution in [1.82, 2.24) is 4.90 Å². The minimum absolute atomic E-state index is 0.0317. The molecule has 1 heterocycles. The Kier molecular flexibility index (Phi) is 5.33. The van der Waals surface area contributed by atoms with Crippen LogP contribution in [0.3, 0.4) is 0 Å². The first kappa shape index (κ1) is 17.0. The van der Waals surface area contributed by atoms with Crippen LogP contribution in [-0.4, -0.2) is 35.9 Å². The molecule has 0 bridgehead atoms. The van der Waals surface area contributed by atoms with Crippen molar-refractivity contribution in [3.63, 3.8) is 0 Å². The molecule has 1 atom stereocenters. The first-order chi connectivity index (χ1) is 12.1. The van der Waals surface area contributed by atoms with Gasteiger partial charge in [0, 0.05) is 18.8 Å². The van der Waals surface area contributed by atoms with E-state index in [-0.39, 0.29) is 11.8 Å². The molecule has 1 saturated heterocycles. The van der Waals surface area contributed by atoms with Gasteiger partial charge < -0.3 is 15.0 Å². The number of likely N-dealkylation sites (tertiary alicyclic amines) is 1. The number of rotatable bonds is 5. The number of nitrogens with zero attached hydrogens (tertiary/aromatic N) is 1. The molecule has 0 spiro atoms. The number of hydrogen-bond acceptors (Lipinski definition) is 3. The van der Waals surface area contributed by atoms with Crippen LogP contribution in [0.2, 0.25) is 0 Å². The Morgan fingerprint density at radius 2 is 1.64 bits per heavy atom. The third kappa shape index (κ3) is 4.18. The van der Waals surface area contributed by atoms with Crippen LogP contribution in [0.1, 0.15) is 30.1 Å². The minimum atomic E-state index is -0.622. The molecule has 25 heavy (non-hydrogen) atoms. The summed E-state index contributed by atoms with van der Waals surface area (Å²) in [7, 11) is 0. The molecule has 1 fully saturated rings. The van der Waals surface area contributed by atoms with Gasteiger partial charge in [-0.15, -0.1) is 0 Å². The topological polar surface area (TPSA) is 58.6 Å². The van der Waals surface area contributed by atoms with Crippen molar-refractivity contribution < 1.29 is 14.3 Å². The lowest BCUT2D eigenvalue weighted by Gasteiger charge is -2.22. The molecule has 5 heteroatoms. The molecule has 0 aliphatic carbocycles. The molecule has 5 nitrogen and oxygen atoms in total. The smallest absolute Gasteiger partial charge is 0.263 e. The second-order valence-electron chi connectivity index (χ2n) is 6.11. The monoisotopic (exact) mass is 338 g/mol. The standard InChI is InChI=1S/C20H22N2O3/c1-15(20(24)22-13-7-8-14-22)25-18-12-6-5-11-17(18)19(23)21-16-9-3-2-4-10-16/h2-6,9-12,15H,7-8,13-14H2,1H3,(H,21,23)/t15-/m1/s1. The molecular formula is C20H22N2O3. The fourth-order valence-electron chi connectivity index (χ4n) is 2.91. The second-order valence-corrected chi connectivity index (χ2v) is 6.11. The quantitative estimate of drug-likeness (QED) is 0.910. The van der Waals surface area contributed by atoms with Gasteiger partial charge in [-0.3, -0.25) is 9.59 Å². The Hall–Kier alpha value is -2.82. The molecule has 3 rings (SSSR count). The van der Waals surface area contributed by atoms with E-state index in [1.807, 2.05) is 35.2 Å². The molecule has 0 aromatic heterocycles. The third-order valence-electron chi connectivity index (χ3n) is 4.23. The van der Waals surface area contributed by atoms with Gasteiger partial charge in [0.25, 0.3) is 11.8 Å². The number of anilines is 1. The molecule has 2 aromatic carbocycles. The highest BCUT2D eigenvalue weighted by Gasteiger charge is 2.25. The molecular weight excluding hydrogens is 316 g/mol. The van der Waals surface area contributed by atoms with Crippen molar-refractivity contribution in [3.8, 4) is 5.75 Å². The lowest BCUT2D eigenvalue weighted by Crippen LogP contribution is -2.38. The number of carbonyl (C=O) groups excluding carboxylic acids is 2. The summed E-state index contributed by atoms with van der Waals surface area (Å²) in [5.41, 5.74) is 1.12. The summed E-state index contributed by atoms with van der Waals surface area (Å²) < 4.78 is 5.83. The largest absolute Gasteiger partial charge is 0.480 e. The van der Waals surface area contributed by atoms with E-state index in [1.165, 1.54) is 0 Å². The maximum Gasteiger partial charge on any atom is 0.263 e. The average Bonchev–Trinajstić information content (AvgIpc) is 3.17. The van der Waals surface area contributed by atoms with Crippen LogP contribution in [0, 0.1) is 0 Å². The SMILES string of the molecule is C[C@@H](Oc1ccccc1C(=O)Nc1ccccc1)C(=O)N1CCCC1. The van der Waals surface area contributed by atoms with Gasteiger partial charge in [-0.1, -0.05) is 30.3 Å².